The van der Waals surface area contributed by atoms with E-state index in [1.54, 1.807) is 13.0 Å². The maximum Gasteiger partial charge on any atom is 0.292 e. The van der Waals surface area contributed by atoms with E-state index in [2.05, 4.69) is 4.98 Å². The van der Waals surface area contributed by atoms with Crippen LogP contribution in [0.2, 0.25) is 0 Å². The quantitative estimate of drug-likeness (QED) is 0.515. The van der Waals surface area contributed by atoms with Gasteiger partial charge in [0.25, 0.3) is 11.8 Å². The number of pyridine rings is 1. The molecule has 1 heterocycles. The predicted octanol–water partition coefficient (Wildman–Crippen LogP) is 2.86. The van der Waals surface area contributed by atoms with Crippen molar-refractivity contribution in [1.29, 1.82) is 0 Å². The largest absolute Gasteiger partial charge is 0.351 e. The number of allylic oxidation sites excluding steroid dienone is 2. The Morgan fingerprint density at radius 2 is 1.88 bits per heavy atom. The van der Waals surface area contributed by atoms with Gasteiger partial charge in [-0.15, -0.1) is 11.6 Å². The van der Waals surface area contributed by atoms with E-state index >= 15 is 0 Å². The zero-order valence-corrected chi connectivity index (χ0v) is 10.4. The standard InChI is InChI=1S/C10H6F4N.Ir/c1-6-2-3-15-8(4-6)7-5-9(11,12)10(7,13)14;/h2-4H,1H3;/q-1;. The first-order valence-electron chi connectivity index (χ1n) is 4.19. The summed E-state index contributed by atoms with van der Waals surface area (Å²) in [6.07, 6.45) is 2.72. The molecule has 1 radical (unpaired) electrons. The van der Waals surface area contributed by atoms with Gasteiger partial charge >= 0.3 is 0 Å². The minimum absolute atomic E-state index is 0. The molecule has 89 valence electrons. The molecular weight excluding hydrogens is 402 g/mol. The SMILES string of the molecule is Cc1ccnc(C2=[C-]C(F)(F)C2(F)F)c1.[Ir]. The minimum atomic E-state index is -4.17. The van der Waals surface area contributed by atoms with Gasteiger partial charge in [-0.2, -0.15) is 14.9 Å². The zero-order chi connectivity index (χ0) is 11.3. The average Bonchev–Trinajstić information content (AvgIpc) is 2.14. The molecule has 0 spiro atoms. The topological polar surface area (TPSA) is 12.9 Å². The molecule has 0 amide bonds. The summed E-state index contributed by atoms with van der Waals surface area (Å²) in [7, 11) is 0. The fourth-order valence-electron chi connectivity index (χ4n) is 1.31. The molecule has 1 aromatic rings. The number of hydrogen-bond acceptors (Lipinski definition) is 1. The maximum absolute atomic E-state index is 12.9. The Bertz CT molecular complexity index is 442. The number of hydrogen-bond donors (Lipinski definition) is 0. The molecule has 1 aliphatic rings. The van der Waals surface area contributed by atoms with Crippen molar-refractivity contribution >= 4 is 5.57 Å². The third-order valence-electron chi connectivity index (χ3n) is 2.16. The number of halogens is 4. The van der Waals surface area contributed by atoms with Crippen molar-refractivity contribution < 1.29 is 37.7 Å². The van der Waals surface area contributed by atoms with Crippen molar-refractivity contribution in [3.8, 4) is 0 Å². The Hall–Kier alpha value is -0.741. The van der Waals surface area contributed by atoms with E-state index < -0.39 is 17.4 Å². The summed E-state index contributed by atoms with van der Waals surface area (Å²) in [5, 5.41) is 0. The van der Waals surface area contributed by atoms with Crippen molar-refractivity contribution in [1.82, 2.24) is 4.98 Å². The summed E-state index contributed by atoms with van der Waals surface area (Å²) >= 11 is 0. The summed E-state index contributed by atoms with van der Waals surface area (Å²) < 4.78 is 50.7. The summed E-state index contributed by atoms with van der Waals surface area (Å²) in [4.78, 5) is 3.61. The number of alkyl halides is 4. The average molecular weight is 408 g/mol. The molecule has 16 heavy (non-hydrogen) atoms. The van der Waals surface area contributed by atoms with Gasteiger partial charge in [-0.3, -0.25) is 0 Å². The van der Waals surface area contributed by atoms with Crippen LogP contribution in [0.5, 0.6) is 0 Å². The van der Waals surface area contributed by atoms with Crippen molar-refractivity contribution in [2.75, 3.05) is 0 Å². The third-order valence-corrected chi connectivity index (χ3v) is 2.16. The number of nitrogens with zero attached hydrogens (tertiary/aromatic N) is 1. The van der Waals surface area contributed by atoms with Crippen LogP contribution in [0, 0.1) is 13.0 Å². The molecule has 0 atom stereocenters. The van der Waals surface area contributed by atoms with Crippen molar-refractivity contribution in [2.45, 2.75) is 18.8 Å². The molecule has 0 bridgehead atoms. The van der Waals surface area contributed by atoms with E-state index in [1.165, 1.54) is 18.3 Å². The summed E-state index contributed by atoms with van der Waals surface area (Å²) in [5.41, 5.74) is -0.289. The van der Waals surface area contributed by atoms with Crippen LogP contribution in [0.3, 0.4) is 0 Å². The molecular formula is C10H6F4IrN-. The van der Waals surface area contributed by atoms with Gasteiger partial charge in [0.2, 0.25) is 0 Å². The molecule has 0 N–H and O–H groups in total. The Labute approximate surface area is 103 Å². The van der Waals surface area contributed by atoms with Gasteiger partial charge < -0.3 is 4.98 Å². The van der Waals surface area contributed by atoms with E-state index in [0.29, 0.717) is 5.56 Å². The first-order valence-corrected chi connectivity index (χ1v) is 4.19. The van der Waals surface area contributed by atoms with Crippen molar-refractivity contribution in [3.05, 3.63) is 35.7 Å². The van der Waals surface area contributed by atoms with E-state index in [4.69, 9.17) is 0 Å². The van der Waals surface area contributed by atoms with Gasteiger partial charge in [0, 0.05) is 26.3 Å². The van der Waals surface area contributed by atoms with Crippen LogP contribution in [0.15, 0.2) is 18.3 Å². The van der Waals surface area contributed by atoms with E-state index in [9.17, 15) is 17.6 Å². The van der Waals surface area contributed by atoms with E-state index in [0.717, 1.165) is 0 Å². The molecule has 1 aliphatic carbocycles. The van der Waals surface area contributed by atoms with E-state index in [1.807, 2.05) is 0 Å². The maximum atomic E-state index is 12.9. The van der Waals surface area contributed by atoms with Crippen molar-refractivity contribution in [2.24, 2.45) is 0 Å². The van der Waals surface area contributed by atoms with Crippen LogP contribution in [-0.2, 0) is 20.1 Å². The van der Waals surface area contributed by atoms with Gasteiger partial charge in [0.15, 0.2) is 0 Å². The van der Waals surface area contributed by atoms with Gasteiger partial charge in [-0.25, -0.2) is 8.78 Å². The molecule has 0 saturated heterocycles. The number of aryl methyl sites for hydroxylation is 1. The molecule has 0 unspecified atom stereocenters. The Balaban J connectivity index is 0.00000128. The second kappa shape index (κ2) is 3.93. The van der Waals surface area contributed by atoms with E-state index in [-0.39, 0.29) is 25.8 Å². The monoisotopic (exact) mass is 409 g/mol. The van der Waals surface area contributed by atoms with Gasteiger partial charge in [0.1, 0.15) is 0 Å². The molecule has 0 saturated carbocycles. The van der Waals surface area contributed by atoms with Gasteiger partial charge in [0.05, 0.1) is 0 Å². The number of rotatable bonds is 1. The number of aromatic nitrogens is 1. The van der Waals surface area contributed by atoms with Crippen LogP contribution in [0.1, 0.15) is 11.3 Å². The van der Waals surface area contributed by atoms with Crippen LogP contribution in [0.4, 0.5) is 17.6 Å². The summed E-state index contributed by atoms with van der Waals surface area (Å²) in [6, 6.07) is 2.92. The fourth-order valence-corrected chi connectivity index (χ4v) is 1.31. The molecule has 1 aromatic heterocycles. The zero-order valence-electron chi connectivity index (χ0n) is 8.02. The van der Waals surface area contributed by atoms with Crippen molar-refractivity contribution in [3.63, 3.8) is 0 Å². The molecule has 0 aliphatic heterocycles. The minimum Gasteiger partial charge on any atom is -0.351 e. The van der Waals surface area contributed by atoms with Crippen LogP contribution < -0.4 is 0 Å². The first kappa shape index (κ1) is 13.3. The predicted molar refractivity (Wildman–Crippen MR) is 45.5 cm³/mol. The third kappa shape index (κ3) is 1.80. The van der Waals surface area contributed by atoms with Crippen LogP contribution >= 0.6 is 0 Å². The fraction of sp³-hybridized carbons (Fsp3) is 0.300. The Kier molecular flexibility index (Phi) is 3.27. The Morgan fingerprint density at radius 1 is 1.25 bits per heavy atom. The van der Waals surface area contributed by atoms with Gasteiger partial charge in [-0.05, 0) is 13.0 Å². The molecule has 6 heteroatoms. The Morgan fingerprint density at radius 3 is 2.31 bits per heavy atom. The normalized spacial score (nSPS) is 20.4. The van der Waals surface area contributed by atoms with Crippen LogP contribution in [-0.4, -0.2) is 16.8 Å². The summed E-state index contributed by atoms with van der Waals surface area (Å²) in [6.45, 7) is 1.67. The molecule has 0 fully saturated rings. The smallest absolute Gasteiger partial charge is 0.292 e. The summed E-state index contributed by atoms with van der Waals surface area (Å²) in [5.74, 6) is -8.33. The second-order valence-electron chi connectivity index (χ2n) is 3.37. The first-order chi connectivity index (χ1) is 6.84. The molecule has 0 aromatic carbocycles. The second-order valence-corrected chi connectivity index (χ2v) is 3.37. The van der Waals surface area contributed by atoms with Crippen LogP contribution in [0.25, 0.3) is 5.57 Å². The molecule has 2 rings (SSSR count). The van der Waals surface area contributed by atoms with Gasteiger partial charge in [-0.1, -0.05) is 11.3 Å². The molecule has 1 nitrogen and oxygen atoms in total.